The molecule has 0 bridgehead atoms. The lowest BCUT2D eigenvalue weighted by Crippen LogP contribution is -2.19. The highest BCUT2D eigenvalue weighted by molar-refractivity contribution is 5.27. The highest BCUT2D eigenvalue weighted by atomic mass is 16.5. The predicted octanol–water partition coefficient (Wildman–Crippen LogP) is 3.00. The predicted molar refractivity (Wildman–Crippen MR) is 102 cm³/mol. The molecule has 7 heteroatoms. The smallest absolute Gasteiger partial charge is 0.150 e. The minimum atomic E-state index is 0.0277. The van der Waals surface area contributed by atoms with Crippen molar-refractivity contribution in [2.75, 3.05) is 7.11 Å². The van der Waals surface area contributed by atoms with Crippen molar-refractivity contribution >= 4 is 0 Å². The molecule has 1 aromatic carbocycles. The summed E-state index contributed by atoms with van der Waals surface area (Å²) in [6, 6.07) is 12.1. The number of nitrogens with zero attached hydrogens (tertiary/aromatic N) is 5. The molecular weight excluding hydrogens is 340 g/mol. The van der Waals surface area contributed by atoms with E-state index >= 15 is 0 Å². The standard InChI is InChI=1S/C20H22N6O/c1-15-23-20(26(24-15)13-16-5-7-18(27-2)8-6-16)19(25-9-3-4-10-25)11-17-12-21-14-22-17/h3-10,12,14,19H,11,13H2,1-2H3,(H,21,22). The Bertz CT molecular complexity index is 970. The number of nitrogens with one attached hydrogen (secondary N) is 1. The van der Waals surface area contributed by atoms with Crippen LogP contribution >= 0.6 is 0 Å². The molecule has 0 spiro atoms. The second-order valence-electron chi connectivity index (χ2n) is 6.45. The van der Waals surface area contributed by atoms with Crippen LogP contribution in [-0.2, 0) is 13.0 Å². The molecule has 0 aliphatic heterocycles. The average Bonchev–Trinajstić information content (AvgIpc) is 3.43. The molecule has 0 amide bonds. The van der Waals surface area contributed by atoms with Crippen molar-refractivity contribution < 1.29 is 4.74 Å². The number of H-pyrrole nitrogens is 1. The average molecular weight is 362 g/mol. The first-order valence-electron chi connectivity index (χ1n) is 8.87. The van der Waals surface area contributed by atoms with Crippen LogP contribution in [0.15, 0.2) is 61.3 Å². The first-order chi connectivity index (χ1) is 13.2. The van der Waals surface area contributed by atoms with Gasteiger partial charge in [-0.25, -0.2) is 14.6 Å². The van der Waals surface area contributed by atoms with E-state index in [1.807, 2.05) is 42.1 Å². The third-order valence-electron chi connectivity index (χ3n) is 4.55. The summed E-state index contributed by atoms with van der Waals surface area (Å²) in [5.74, 6) is 2.53. The normalized spacial score (nSPS) is 12.2. The Morgan fingerprint density at radius 2 is 1.93 bits per heavy atom. The van der Waals surface area contributed by atoms with Crippen LogP contribution in [0, 0.1) is 6.92 Å². The zero-order chi connectivity index (χ0) is 18.6. The molecular formula is C20H22N6O. The second-order valence-corrected chi connectivity index (χ2v) is 6.45. The number of aromatic amines is 1. The van der Waals surface area contributed by atoms with Gasteiger partial charge in [0.15, 0.2) is 5.82 Å². The monoisotopic (exact) mass is 362 g/mol. The SMILES string of the molecule is COc1ccc(Cn2nc(C)nc2C(Cc2cnc[nH]2)n2cccc2)cc1. The highest BCUT2D eigenvalue weighted by Crippen LogP contribution is 2.22. The maximum atomic E-state index is 5.25. The molecule has 138 valence electrons. The van der Waals surface area contributed by atoms with Crippen molar-refractivity contribution in [3.63, 3.8) is 0 Å². The zero-order valence-electron chi connectivity index (χ0n) is 15.4. The Morgan fingerprint density at radius 3 is 2.59 bits per heavy atom. The van der Waals surface area contributed by atoms with Crippen LogP contribution in [0.1, 0.15) is 28.9 Å². The Hall–Kier alpha value is -3.35. The number of hydrogen-bond donors (Lipinski definition) is 1. The number of aryl methyl sites for hydroxylation is 1. The molecule has 0 saturated carbocycles. The molecule has 4 rings (SSSR count). The second kappa shape index (κ2) is 7.49. The molecule has 0 radical (unpaired) electrons. The third kappa shape index (κ3) is 3.76. The number of rotatable bonds is 7. The maximum absolute atomic E-state index is 5.25. The summed E-state index contributed by atoms with van der Waals surface area (Å²) < 4.78 is 9.39. The molecule has 1 N–H and O–H groups in total. The van der Waals surface area contributed by atoms with E-state index in [1.54, 1.807) is 13.4 Å². The number of imidazole rings is 1. The summed E-state index contributed by atoms with van der Waals surface area (Å²) >= 11 is 0. The summed E-state index contributed by atoms with van der Waals surface area (Å²) in [5, 5.41) is 4.64. The van der Waals surface area contributed by atoms with E-state index < -0.39 is 0 Å². The number of aromatic nitrogens is 6. The topological polar surface area (TPSA) is 73.6 Å². The van der Waals surface area contributed by atoms with Crippen LogP contribution in [0.2, 0.25) is 0 Å². The van der Waals surface area contributed by atoms with E-state index in [-0.39, 0.29) is 6.04 Å². The van der Waals surface area contributed by atoms with Gasteiger partial charge in [-0.1, -0.05) is 12.1 Å². The Morgan fingerprint density at radius 1 is 1.15 bits per heavy atom. The quantitative estimate of drug-likeness (QED) is 0.548. The zero-order valence-corrected chi connectivity index (χ0v) is 15.4. The fraction of sp³-hybridized carbons (Fsp3) is 0.250. The Labute approximate surface area is 157 Å². The molecule has 0 aliphatic carbocycles. The van der Waals surface area contributed by atoms with Crippen molar-refractivity contribution in [1.82, 2.24) is 29.3 Å². The summed E-state index contributed by atoms with van der Waals surface area (Å²) in [6.45, 7) is 2.58. The number of benzene rings is 1. The number of hydrogen-bond acceptors (Lipinski definition) is 4. The largest absolute Gasteiger partial charge is 0.497 e. The van der Waals surface area contributed by atoms with Gasteiger partial charge >= 0.3 is 0 Å². The summed E-state index contributed by atoms with van der Waals surface area (Å²) in [4.78, 5) is 12.1. The molecule has 0 aliphatic rings. The molecule has 0 fully saturated rings. The minimum absolute atomic E-state index is 0.0277. The highest BCUT2D eigenvalue weighted by Gasteiger charge is 2.22. The summed E-state index contributed by atoms with van der Waals surface area (Å²) in [7, 11) is 1.67. The van der Waals surface area contributed by atoms with Gasteiger partial charge in [0.1, 0.15) is 11.6 Å². The van der Waals surface area contributed by atoms with E-state index in [9.17, 15) is 0 Å². The van der Waals surface area contributed by atoms with Gasteiger partial charge in [0.05, 0.1) is 26.0 Å². The maximum Gasteiger partial charge on any atom is 0.150 e. The van der Waals surface area contributed by atoms with Gasteiger partial charge in [-0.05, 0) is 36.8 Å². The third-order valence-corrected chi connectivity index (χ3v) is 4.55. The Kier molecular flexibility index (Phi) is 4.74. The number of methoxy groups -OCH3 is 1. The van der Waals surface area contributed by atoms with E-state index in [0.29, 0.717) is 6.54 Å². The van der Waals surface area contributed by atoms with Crippen molar-refractivity contribution in [3.8, 4) is 5.75 Å². The molecule has 7 nitrogen and oxygen atoms in total. The molecule has 3 aromatic heterocycles. The first-order valence-corrected chi connectivity index (χ1v) is 8.87. The van der Waals surface area contributed by atoms with Crippen LogP contribution in [-0.4, -0.2) is 36.4 Å². The van der Waals surface area contributed by atoms with E-state index in [2.05, 4.69) is 44.2 Å². The van der Waals surface area contributed by atoms with Crippen molar-refractivity contribution in [3.05, 3.63) is 84.2 Å². The van der Waals surface area contributed by atoms with Crippen LogP contribution in [0.25, 0.3) is 0 Å². The molecule has 0 saturated heterocycles. The van der Waals surface area contributed by atoms with Crippen molar-refractivity contribution in [2.45, 2.75) is 25.9 Å². The van der Waals surface area contributed by atoms with Gasteiger partial charge in [-0.2, -0.15) is 5.10 Å². The molecule has 1 atom stereocenters. The molecule has 3 heterocycles. The van der Waals surface area contributed by atoms with E-state index in [4.69, 9.17) is 9.72 Å². The fourth-order valence-corrected chi connectivity index (χ4v) is 3.23. The molecule has 4 aromatic rings. The van der Waals surface area contributed by atoms with Crippen LogP contribution in [0.5, 0.6) is 5.75 Å². The van der Waals surface area contributed by atoms with E-state index in [0.717, 1.165) is 35.1 Å². The summed E-state index contributed by atoms with van der Waals surface area (Å²) in [5.41, 5.74) is 2.21. The molecule has 27 heavy (non-hydrogen) atoms. The first kappa shape index (κ1) is 17.1. The van der Waals surface area contributed by atoms with E-state index in [1.165, 1.54) is 0 Å². The van der Waals surface area contributed by atoms with Gasteiger partial charge in [0.25, 0.3) is 0 Å². The van der Waals surface area contributed by atoms with Crippen LogP contribution < -0.4 is 4.74 Å². The van der Waals surface area contributed by atoms with Crippen molar-refractivity contribution in [1.29, 1.82) is 0 Å². The Balaban J connectivity index is 1.67. The lowest BCUT2D eigenvalue weighted by atomic mass is 10.1. The lowest BCUT2D eigenvalue weighted by Gasteiger charge is -2.19. The number of ether oxygens (including phenoxy) is 1. The van der Waals surface area contributed by atoms with Crippen LogP contribution in [0.3, 0.4) is 0 Å². The molecule has 1 unspecified atom stereocenters. The lowest BCUT2D eigenvalue weighted by molar-refractivity contribution is 0.414. The van der Waals surface area contributed by atoms with Gasteiger partial charge in [-0.3, -0.25) is 0 Å². The van der Waals surface area contributed by atoms with Gasteiger partial charge < -0.3 is 14.3 Å². The van der Waals surface area contributed by atoms with Crippen molar-refractivity contribution in [2.24, 2.45) is 0 Å². The summed E-state index contributed by atoms with van der Waals surface area (Å²) in [6.07, 6.45) is 8.43. The van der Waals surface area contributed by atoms with Gasteiger partial charge in [0, 0.05) is 30.7 Å². The van der Waals surface area contributed by atoms with Gasteiger partial charge in [-0.15, -0.1) is 0 Å². The van der Waals surface area contributed by atoms with Gasteiger partial charge in [0.2, 0.25) is 0 Å². The fourth-order valence-electron chi connectivity index (χ4n) is 3.23. The minimum Gasteiger partial charge on any atom is -0.497 e. The van der Waals surface area contributed by atoms with Crippen LogP contribution in [0.4, 0.5) is 0 Å².